The van der Waals surface area contributed by atoms with E-state index in [1.165, 1.54) is 8.99 Å². The molecule has 1 aromatic carbocycles. The van der Waals surface area contributed by atoms with Crippen LogP contribution in [0.3, 0.4) is 0 Å². The number of para-hydroxylation sites is 1. The minimum absolute atomic E-state index is 0.0443. The van der Waals surface area contributed by atoms with E-state index in [0.717, 1.165) is 24.8 Å². The average molecular weight is 421 g/mol. The third-order valence-electron chi connectivity index (χ3n) is 5.19. The number of hydrogen-bond donors (Lipinski definition) is 1. The van der Waals surface area contributed by atoms with Gasteiger partial charge in [0.25, 0.3) is 0 Å². The number of carbonyl (C=O) groups is 1. The second kappa shape index (κ2) is 8.96. The second-order valence-electron chi connectivity index (χ2n) is 7.21. The van der Waals surface area contributed by atoms with E-state index in [4.69, 9.17) is 4.74 Å². The lowest BCUT2D eigenvalue weighted by molar-refractivity contribution is -0.122. The summed E-state index contributed by atoms with van der Waals surface area (Å²) in [6.45, 7) is 4.72. The molecule has 8 nitrogen and oxygen atoms in total. The molecule has 0 saturated carbocycles. The summed E-state index contributed by atoms with van der Waals surface area (Å²) >= 11 is 0. The maximum atomic E-state index is 13.1. The lowest BCUT2D eigenvalue weighted by atomic mass is 10.2. The summed E-state index contributed by atoms with van der Waals surface area (Å²) in [7, 11) is -2.02. The standard InChI is InChI=1S/C20H28N4O4S/c1-15-20(29(26,27)23-11-7-4-8-12-23)16(2)24(22-15)14-19(25)21-13-17-9-5-6-10-18(17)28-3/h5-6,9-10H,4,7-8,11-14H2,1-3H3,(H,21,25). The van der Waals surface area contributed by atoms with Crippen LogP contribution >= 0.6 is 0 Å². The number of hydrogen-bond acceptors (Lipinski definition) is 5. The minimum Gasteiger partial charge on any atom is -0.496 e. The topological polar surface area (TPSA) is 93.5 Å². The van der Waals surface area contributed by atoms with E-state index in [-0.39, 0.29) is 17.3 Å². The number of rotatable bonds is 7. The summed E-state index contributed by atoms with van der Waals surface area (Å²) in [4.78, 5) is 12.7. The van der Waals surface area contributed by atoms with Gasteiger partial charge in [0.1, 0.15) is 17.2 Å². The number of carbonyl (C=O) groups excluding carboxylic acids is 1. The maximum absolute atomic E-state index is 13.1. The third kappa shape index (κ3) is 4.62. The van der Waals surface area contributed by atoms with Crippen LogP contribution in [0.4, 0.5) is 0 Å². The number of amides is 1. The Bertz CT molecular complexity index is 978. The monoisotopic (exact) mass is 420 g/mol. The molecule has 29 heavy (non-hydrogen) atoms. The van der Waals surface area contributed by atoms with E-state index in [1.54, 1.807) is 21.0 Å². The first-order valence-electron chi connectivity index (χ1n) is 9.77. The Morgan fingerprint density at radius 2 is 1.86 bits per heavy atom. The van der Waals surface area contributed by atoms with Crippen LogP contribution in [0.2, 0.25) is 0 Å². The van der Waals surface area contributed by atoms with Crippen LogP contribution in [-0.4, -0.2) is 48.6 Å². The molecule has 1 aliphatic heterocycles. The van der Waals surface area contributed by atoms with E-state index in [1.807, 2.05) is 24.3 Å². The number of nitrogens with one attached hydrogen (secondary N) is 1. The highest BCUT2D eigenvalue weighted by Crippen LogP contribution is 2.26. The van der Waals surface area contributed by atoms with E-state index in [2.05, 4.69) is 10.4 Å². The van der Waals surface area contributed by atoms with Crippen molar-refractivity contribution < 1.29 is 17.9 Å². The van der Waals surface area contributed by atoms with Gasteiger partial charge in [0.15, 0.2) is 0 Å². The number of ether oxygens (including phenoxy) is 1. The largest absolute Gasteiger partial charge is 0.496 e. The number of sulfonamides is 1. The van der Waals surface area contributed by atoms with Crippen molar-refractivity contribution in [2.24, 2.45) is 0 Å². The normalized spacial score (nSPS) is 15.3. The first-order chi connectivity index (χ1) is 13.8. The highest BCUT2D eigenvalue weighted by Gasteiger charge is 2.31. The fraction of sp³-hybridized carbons (Fsp3) is 0.500. The molecule has 0 bridgehead atoms. The molecular formula is C20H28N4O4S. The van der Waals surface area contributed by atoms with Gasteiger partial charge in [-0.05, 0) is 32.8 Å². The summed E-state index contributed by atoms with van der Waals surface area (Å²) in [5.41, 5.74) is 1.77. The van der Waals surface area contributed by atoms with Crippen molar-refractivity contribution in [3.05, 3.63) is 41.2 Å². The van der Waals surface area contributed by atoms with Gasteiger partial charge < -0.3 is 10.1 Å². The van der Waals surface area contributed by atoms with Gasteiger partial charge in [-0.25, -0.2) is 8.42 Å². The van der Waals surface area contributed by atoms with Gasteiger partial charge in [0.05, 0.1) is 18.5 Å². The smallest absolute Gasteiger partial charge is 0.246 e. The molecule has 1 aromatic heterocycles. The van der Waals surface area contributed by atoms with Crippen LogP contribution in [-0.2, 0) is 27.9 Å². The Kier molecular flexibility index (Phi) is 6.59. The zero-order valence-corrected chi connectivity index (χ0v) is 18.0. The molecular weight excluding hydrogens is 392 g/mol. The van der Waals surface area contributed by atoms with Gasteiger partial charge >= 0.3 is 0 Å². The van der Waals surface area contributed by atoms with Crippen LogP contribution in [0.25, 0.3) is 0 Å². The van der Waals surface area contributed by atoms with Crippen LogP contribution in [0.5, 0.6) is 5.75 Å². The Morgan fingerprint density at radius 3 is 2.55 bits per heavy atom. The molecule has 0 radical (unpaired) electrons. The molecule has 2 aromatic rings. The Hall–Kier alpha value is -2.39. The van der Waals surface area contributed by atoms with E-state index < -0.39 is 10.0 Å². The van der Waals surface area contributed by atoms with Crippen molar-refractivity contribution in [1.82, 2.24) is 19.4 Å². The molecule has 1 fully saturated rings. The van der Waals surface area contributed by atoms with Crippen molar-refractivity contribution in [1.29, 1.82) is 0 Å². The van der Waals surface area contributed by atoms with E-state index >= 15 is 0 Å². The molecule has 0 unspecified atom stereocenters. The van der Waals surface area contributed by atoms with Gasteiger partial charge in [-0.2, -0.15) is 9.40 Å². The van der Waals surface area contributed by atoms with Crippen molar-refractivity contribution in [2.75, 3.05) is 20.2 Å². The SMILES string of the molecule is COc1ccccc1CNC(=O)Cn1nc(C)c(S(=O)(=O)N2CCCCC2)c1C. The lowest BCUT2D eigenvalue weighted by Crippen LogP contribution is -2.36. The quantitative estimate of drug-likeness (QED) is 0.739. The molecule has 1 N–H and O–H groups in total. The number of benzene rings is 1. The van der Waals surface area contributed by atoms with Gasteiger partial charge in [0.2, 0.25) is 15.9 Å². The molecule has 0 spiro atoms. The molecule has 0 aliphatic carbocycles. The molecule has 1 amide bonds. The fourth-order valence-electron chi connectivity index (χ4n) is 3.68. The maximum Gasteiger partial charge on any atom is 0.246 e. The molecule has 1 saturated heterocycles. The Labute approximate surface area is 171 Å². The van der Waals surface area contributed by atoms with Crippen molar-refractivity contribution >= 4 is 15.9 Å². The zero-order valence-electron chi connectivity index (χ0n) is 17.1. The fourth-order valence-corrected chi connectivity index (χ4v) is 5.57. The van der Waals surface area contributed by atoms with Crippen molar-refractivity contribution in [3.63, 3.8) is 0 Å². The summed E-state index contributed by atoms with van der Waals surface area (Å²) in [5.74, 6) is 0.456. The van der Waals surface area contributed by atoms with Gasteiger partial charge in [-0.15, -0.1) is 0 Å². The molecule has 2 heterocycles. The Morgan fingerprint density at radius 1 is 1.17 bits per heavy atom. The highest BCUT2D eigenvalue weighted by atomic mass is 32.2. The lowest BCUT2D eigenvalue weighted by Gasteiger charge is -2.25. The summed E-state index contributed by atoms with van der Waals surface area (Å²) in [6, 6.07) is 7.46. The van der Waals surface area contributed by atoms with Gasteiger partial charge in [-0.1, -0.05) is 24.6 Å². The number of nitrogens with zero attached hydrogens (tertiary/aromatic N) is 3. The van der Waals surface area contributed by atoms with Crippen LogP contribution in [0, 0.1) is 13.8 Å². The molecule has 9 heteroatoms. The van der Waals surface area contributed by atoms with Gasteiger partial charge in [-0.3, -0.25) is 9.48 Å². The van der Waals surface area contributed by atoms with Crippen molar-refractivity contribution in [3.8, 4) is 5.75 Å². The molecule has 158 valence electrons. The molecule has 1 aliphatic rings. The van der Waals surface area contributed by atoms with E-state index in [0.29, 0.717) is 36.8 Å². The summed E-state index contributed by atoms with van der Waals surface area (Å²) in [5, 5.41) is 7.17. The molecule has 0 atom stereocenters. The predicted molar refractivity (Wildman–Crippen MR) is 109 cm³/mol. The number of piperidine rings is 1. The summed E-state index contributed by atoms with van der Waals surface area (Å²) < 4.78 is 34.4. The van der Waals surface area contributed by atoms with E-state index in [9.17, 15) is 13.2 Å². The number of aromatic nitrogens is 2. The van der Waals surface area contributed by atoms with Crippen LogP contribution in [0.1, 0.15) is 36.2 Å². The predicted octanol–water partition coefficient (Wildman–Crippen LogP) is 2.00. The van der Waals surface area contributed by atoms with Gasteiger partial charge in [0, 0.05) is 25.2 Å². The van der Waals surface area contributed by atoms with Crippen LogP contribution in [0.15, 0.2) is 29.2 Å². The number of methoxy groups -OCH3 is 1. The zero-order chi connectivity index (χ0) is 21.0. The third-order valence-corrected chi connectivity index (χ3v) is 7.34. The van der Waals surface area contributed by atoms with Crippen molar-refractivity contribution in [2.45, 2.75) is 51.1 Å². The second-order valence-corrected chi connectivity index (χ2v) is 9.09. The number of aryl methyl sites for hydroxylation is 1. The minimum atomic E-state index is -3.60. The highest BCUT2D eigenvalue weighted by molar-refractivity contribution is 7.89. The molecule has 3 rings (SSSR count). The van der Waals surface area contributed by atoms with Crippen LogP contribution < -0.4 is 10.1 Å². The Balaban J connectivity index is 1.72. The summed E-state index contributed by atoms with van der Waals surface area (Å²) in [6.07, 6.45) is 2.79. The average Bonchev–Trinajstić information content (AvgIpc) is 3.00. The first kappa shape index (κ1) is 21.3. The first-order valence-corrected chi connectivity index (χ1v) is 11.2.